The molecule has 1 heterocycles. The smallest absolute Gasteiger partial charge is 0.251 e. The minimum atomic E-state index is -0.581. The number of carbonyl (C=O) groups excluding carboxylic acids is 1. The van der Waals surface area contributed by atoms with Crippen molar-refractivity contribution in [2.24, 2.45) is 0 Å². The van der Waals surface area contributed by atoms with E-state index in [4.69, 9.17) is 5.73 Å². The second-order valence-electron chi connectivity index (χ2n) is 3.72. The second kappa shape index (κ2) is 5.59. The fourth-order valence-electron chi connectivity index (χ4n) is 1.44. The van der Waals surface area contributed by atoms with Crippen molar-refractivity contribution >= 4 is 22.9 Å². The van der Waals surface area contributed by atoms with E-state index < -0.39 is 5.82 Å². The van der Waals surface area contributed by atoms with Gasteiger partial charge in [0, 0.05) is 23.9 Å². The van der Waals surface area contributed by atoms with Crippen LogP contribution >= 0.6 is 11.3 Å². The van der Waals surface area contributed by atoms with E-state index in [1.165, 1.54) is 23.5 Å². The Morgan fingerprint density at radius 1 is 1.50 bits per heavy atom. The van der Waals surface area contributed by atoms with Crippen LogP contribution in [0.25, 0.3) is 0 Å². The SMILES string of the molecule is Nc1ccc(C(=O)NCCc2cscn2)cc1F. The van der Waals surface area contributed by atoms with Gasteiger partial charge in [0.25, 0.3) is 5.91 Å². The van der Waals surface area contributed by atoms with Gasteiger partial charge in [0.2, 0.25) is 0 Å². The average Bonchev–Trinajstić information content (AvgIpc) is 2.85. The summed E-state index contributed by atoms with van der Waals surface area (Å²) in [6, 6.07) is 4.01. The van der Waals surface area contributed by atoms with Gasteiger partial charge >= 0.3 is 0 Å². The first-order valence-corrected chi connectivity index (χ1v) is 6.31. The van der Waals surface area contributed by atoms with E-state index >= 15 is 0 Å². The third-order valence-corrected chi connectivity index (χ3v) is 3.05. The Morgan fingerprint density at radius 3 is 3.00 bits per heavy atom. The number of nitrogen functional groups attached to an aromatic ring is 1. The summed E-state index contributed by atoms with van der Waals surface area (Å²) < 4.78 is 13.2. The Morgan fingerprint density at radius 2 is 2.33 bits per heavy atom. The summed E-state index contributed by atoms with van der Waals surface area (Å²) in [6.07, 6.45) is 0.659. The quantitative estimate of drug-likeness (QED) is 0.829. The molecule has 0 radical (unpaired) electrons. The van der Waals surface area contributed by atoms with E-state index in [0.29, 0.717) is 13.0 Å². The number of rotatable bonds is 4. The monoisotopic (exact) mass is 265 g/mol. The third-order valence-electron chi connectivity index (χ3n) is 2.41. The van der Waals surface area contributed by atoms with E-state index in [0.717, 1.165) is 11.8 Å². The molecule has 2 aromatic rings. The summed E-state index contributed by atoms with van der Waals surface area (Å²) in [4.78, 5) is 15.8. The topological polar surface area (TPSA) is 68.0 Å². The molecule has 0 saturated carbocycles. The highest BCUT2D eigenvalue weighted by atomic mass is 32.1. The number of halogens is 1. The molecule has 1 amide bonds. The number of carbonyl (C=O) groups is 1. The van der Waals surface area contributed by atoms with Crippen LogP contribution in [0.1, 0.15) is 16.1 Å². The number of hydrogen-bond acceptors (Lipinski definition) is 4. The second-order valence-corrected chi connectivity index (χ2v) is 4.44. The molecular formula is C12H12FN3OS. The van der Waals surface area contributed by atoms with Crippen LogP contribution in [0.3, 0.4) is 0 Å². The van der Waals surface area contributed by atoms with Crippen LogP contribution < -0.4 is 11.1 Å². The zero-order chi connectivity index (χ0) is 13.0. The van der Waals surface area contributed by atoms with Crippen LogP contribution in [0, 0.1) is 5.82 Å². The normalized spacial score (nSPS) is 10.3. The minimum Gasteiger partial charge on any atom is -0.396 e. The van der Waals surface area contributed by atoms with Crippen molar-refractivity contribution in [3.05, 3.63) is 46.2 Å². The van der Waals surface area contributed by atoms with Gasteiger partial charge in [-0.25, -0.2) is 9.37 Å². The Kier molecular flexibility index (Phi) is 3.88. The highest BCUT2D eigenvalue weighted by Crippen LogP contribution is 2.11. The maximum atomic E-state index is 13.2. The molecule has 0 unspecified atom stereocenters. The molecule has 0 aliphatic rings. The summed E-state index contributed by atoms with van der Waals surface area (Å²) in [5.41, 5.74) is 8.32. The van der Waals surface area contributed by atoms with Crippen molar-refractivity contribution in [1.29, 1.82) is 0 Å². The number of nitrogens with one attached hydrogen (secondary N) is 1. The summed E-state index contributed by atoms with van der Waals surface area (Å²) in [7, 11) is 0. The van der Waals surface area contributed by atoms with E-state index in [9.17, 15) is 9.18 Å². The van der Waals surface area contributed by atoms with Gasteiger partial charge in [-0.1, -0.05) is 0 Å². The molecule has 0 saturated heterocycles. The molecule has 6 heteroatoms. The summed E-state index contributed by atoms with van der Waals surface area (Å²) in [5.74, 6) is -0.897. The number of amides is 1. The number of benzene rings is 1. The van der Waals surface area contributed by atoms with E-state index in [2.05, 4.69) is 10.3 Å². The van der Waals surface area contributed by atoms with Gasteiger partial charge in [0.15, 0.2) is 0 Å². The molecule has 3 N–H and O–H groups in total. The van der Waals surface area contributed by atoms with E-state index in [1.807, 2.05) is 5.38 Å². The first kappa shape index (κ1) is 12.5. The number of hydrogen-bond donors (Lipinski definition) is 2. The lowest BCUT2D eigenvalue weighted by molar-refractivity contribution is 0.0953. The van der Waals surface area contributed by atoms with Crippen molar-refractivity contribution in [2.75, 3.05) is 12.3 Å². The number of thiazole rings is 1. The standard InChI is InChI=1S/C12H12FN3OS/c13-10-5-8(1-2-11(10)14)12(17)15-4-3-9-6-18-7-16-9/h1-2,5-7H,3-4,14H2,(H,15,17). The fraction of sp³-hybridized carbons (Fsp3) is 0.167. The van der Waals surface area contributed by atoms with E-state index in [1.54, 1.807) is 5.51 Å². The molecule has 0 aliphatic heterocycles. The predicted molar refractivity (Wildman–Crippen MR) is 69.0 cm³/mol. The molecule has 94 valence electrons. The van der Waals surface area contributed by atoms with Gasteiger partial charge in [-0.15, -0.1) is 11.3 Å². The number of aromatic nitrogens is 1. The van der Waals surface area contributed by atoms with Gasteiger partial charge in [-0.3, -0.25) is 4.79 Å². The van der Waals surface area contributed by atoms with Gasteiger partial charge < -0.3 is 11.1 Å². The number of nitrogens with two attached hydrogens (primary N) is 1. The van der Waals surface area contributed by atoms with Gasteiger partial charge in [-0.05, 0) is 18.2 Å². The zero-order valence-corrected chi connectivity index (χ0v) is 10.3. The number of nitrogens with zero attached hydrogens (tertiary/aromatic N) is 1. The van der Waals surface area contributed by atoms with Crippen molar-refractivity contribution in [2.45, 2.75) is 6.42 Å². The summed E-state index contributed by atoms with van der Waals surface area (Å²) >= 11 is 1.51. The zero-order valence-electron chi connectivity index (χ0n) is 9.52. The van der Waals surface area contributed by atoms with Crippen molar-refractivity contribution < 1.29 is 9.18 Å². The third kappa shape index (κ3) is 3.04. The highest BCUT2D eigenvalue weighted by molar-refractivity contribution is 7.07. The molecule has 1 aromatic heterocycles. The van der Waals surface area contributed by atoms with E-state index in [-0.39, 0.29) is 17.2 Å². The van der Waals surface area contributed by atoms with Gasteiger partial charge in [-0.2, -0.15) is 0 Å². The predicted octanol–water partition coefficient (Wildman–Crippen LogP) is 1.84. The molecule has 18 heavy (non-hydrogen) atoms. The minimum absolute atomic E-state index is 0.0361. The lowest BCUT2D eigenvalue weighted by Gasteiger charge is -2.05. The Labute approximate surface area is 108 Å². The lowest BCUT2D eigenvalue weighted by Crippen LogP contribution is -2.25. The van der Waals surface area contributed by atoms with Crippen LogP contribution in [-0.2, 0) is 6.42 Å². The highest BCUT2D eigenvalue weighted by Gasteiger charge is 2.08. The molecule has 0 atom stereocenters. The maximum Gasteiger partial charge on any atom is 0.251 e. The molecule has 1 aromatic carbocycles. The molecule has 2 rings (SSSR count). The van der Waals surface area contributed by atoms with Gasteiger partial charge in [0.1, 0.15) is 5.82 Å². The van der Waals surface area contributed by atoms with Crippen LogP contribution in [-0.4, -0.2) is 17.4 Å². The average molecular weight is 265 g/mol. The summed E-state index contributed by atoms with van der Waals surface area (Å²) in [5, 5.41) is 4.63. The Balaban J connectivity index is 1.89. The van der Waals surface area contributed by atoms with Crippen LogP contribution in [0.4, 0.5) is 10.1 Å². The summed E-state index contributed by atoms with van der Waals surface area (Å²) in [6.45, 7) is 0.467. The molecule has 0 fully saturated rings. The molecule has 0 aliphatic carbocycles. The first-order chi connectivity index (χ1) is 8.66. The fourth-order valence-corrected chi connectivity index (χ4v) is 2.03. The molecule has 0 spiro atoms. The molecular weight excluding hydrogens is 253 g/mol. The van der Waals surface area contributed by atoms with Crippen molar-refractivity contribution in [1.82, 2.24) is 10.3 Å². The Bertz CT molecular complexity index is 542. The molecule has 0 bridgehead atoms. The first-order valence-electron chi connectivity index (χ1n) is 5.37. The van der Waals surface area contributed by atoms with Crippen LogP contribution in [0.5, 0.6) is 0 Å². The van der Waals surface area contributed by atoms with Crippen molar-refractivity contribution in [3.8, 4) is 0 Å². The Hall–Kier alpha value is -1.95. The van der Waals surface area contributed by atoms with Gasteiger partial charge in [0.05, 0.1) is 16.9 Å². The largest absolute Gasteiger partial charge is 0.396 e. The lowest BCUT2D eigenvalue weighted by atomic mass is 10.2. The molecule has 4 nitrogen and oxygen atoms in total. The maximum absolute atomic E-state index is 13.2. The van der Waals surface area contributed by atoms with Crippen molar-refractivity contribution in [3.63, 3.8) is 0 Å². The van der Waals surface area contributed by atoms with Crippen LogP contribution in [0.15, 0.2) is 29.1 Å². The van der Waals surface area contributed by atoms with Crippen LogP contribution in [0.2, 0.25) is 0 Å². The number of anilines is 1.